The van der Waals surface area contributed by atoms with Gasteiger partial charge in [-0.15, -0.1) is 0 Å². The summed E-state index contributed by atoms with van der Waals surface area (Å²) in [6.45, 7) is 0.883. The van der Waals surface area contributed by atoms with Gasteiger partial charge in [-0.3, -0.25) is 14.9 Å². The van der Waals surface area contributed by atoms with Crippen molar-refractivity contribution in [3.63, 3.8) is 0 Å². The molecule has 0 atom stereocenters. The van der Waals surface area contributed by atoms with Crippen molar-refractivity contribution in [3.05, 3.63) is 28.3 Å². The Bertz CT molecular complexity index is 1100. The minimum absolute atomic E-state index is 0.00878. The Morgan fingerprint density at radius 3 is 2.46 bits per heavy atom. The van der Waals surface area contributed by atoms with E-state index in [2.05, 4.69) is 4.99 Å². The molecule has 0 aliphatic heterocycles. The number of nitro benzene ring substituents is 1. The maximum atomic E-state index is 14.9. The van der Waals surface area contributed by atoms with Gasteiger partial charge in [0.2, 0.25) is 0 Å². The largest absolute Gasteiger partial charge is 0.372 e. The molecule has 0 heterocycles. The van der Waals surface area contributed by atoms with Crippen LogP contribution in [0.1, 0.15) is 70.6 Å². The number of nitro groups is 1. The molecule has 1 N–H and O–H groups in total. The lowest BCUT2D eigenvalue weighted by molar-refractivity contribution is -0.384. The van der Waals surface area contributed by atoms with Crippen LogP contribution in [-0.4, -0.2) is 68.9 Å². The third-order valence-corrected chi connectivity index (χ3v) is 8.23. The molecule has 2 aliphatic rings. The molecule has 0 spiro atoms. The van der Waals surface area contributed by atoms with Gasteiger partial charge in [-0.25, -0.2) is 22.5 Å². The molecule has 206 valence electrons. The van der Waals surface area contributed by atoms with Gasteiger partial charge in [0, 0.05) is 24.7 Å². The van der Waals surface area contributed by atoms with Gasteiger partial charge in [-0.1, -0.05) is 25.7 Å². The molecule has 12 heteroatoms. The third-order valence-electron chi connectivity index (χ3n) is 6.90. The number of ether oxygens (including phenoxy) is 1. The van der Waals surface area contributed by atoms with Gasteiger partial charge in [-0.2, -0.15) is 0 Å². The molecule has 2 fully saturated rings. The second kappa shape index (κ2) is 12.9. The van der Waals surface area contributed by atoms with Crippen molar-refractivity contribution in [3.8, 4) is 0 Å². The van der Waals surface area contributed by atoms with Gasteiger partial charge >= 0.3 is 0 Å². The highest BCUT2D eigenvalue weighted by Gasteiger charge is 2.41. The first-order valence-corrected chi connectivity index (χ1v) is 14.4. The van der Waals surface area contributed by atoms with Crippen LogP contribution in [0.3, 0.4) is 0 Å². The van der Waals surface area contributed by atoms with E-state index < -0.39 is 37.1 Å². The van der Waals surface area contributed by atoms with Gasteiger partial charge in [-0.05, 0) is 64.8 Å². The maximum absolute atomic E-state index is 14.9. The Morgan fingerprint density at radius 2 is 1.84 bits per heavy atom. The molecule has 2 aliphatic carbocycles. The van der Waals surface area contributed by atoms with Crippen LogP contribution in [0.2, 0.25) is 0 Å². The first-order chi connectivity index (χ1) is 17.5. The minimum atomic E-state index is -4.52. The monoisotopic (exact) mass is 540 g/mol. The number of carbonyl (C=O) groups is 1. The summed E-state index contributed by atoms with van der Waals surface area (Å²) in [7, 11) is -0.703. The van der Waals surface area contributed by atoms with Gasteiger partial charge in [0.05, 0.1) is 22.5 Å². The number of alkyl halides is 1. The average Bonchev–Trinajstić information content (AvgIpc) is 2.86. The molecule has 1 amide bonds. The zero-order chi connectivity index (χ0) is 27.1. The van der Waals surface area contributed by atoms with Crippen LogP contribution >= 0.6 is 0 Å². The number of rotatable bonds is 11. The van der Waals surface area contributed by atoms with Crippen LogP contribution in [0.5, 0.6) is 0 Å². The van der Waals surface area contributed by atoms with E-state index in [-0.39, 0.29) is 31.2 Å². The van der Waals surface area contributed by atoms with E-state index in [1.54, 1.807) is 4.72 Å². The summed E-state index contributed by atoms with van der Waals surface area (Å²) in [5, 5.41) is 11.8. The van der Waals surface area contributed by atoms with Crippen molar-refractivity contribution in [1.82, 2.24) is 9.62 Å². The molecule has 0 aromatic heterocycles. The molecule has 0 bridgehead atoms. The highest BCUT2D eigenvalue weighted by Crippen LogP contribution is 2.34. The Kier molecular flexibility index (Phi) is 10.1. The predicted molar refractivity (Wildman–Crippen MR) is 138 cm³/mol. The summed E-state index contributed by atoms with van der Waals surface area (Å²) >= 11 is 0. The number of hydrogen-bond donors (Lipinski definition) is 1. The summed E-state index contributed by atoms with van der Waals surface area (Å²) in [6.07, 6.45) is 7.65. The highest BCUT2D eigenvalue weighted by atomic mass is 32.2. The van der Waals surface area contributed by atoms with E-state index in [1.807, 2.05) is 19.0 Å². The van der Waals surface area contributed by atoms with Gasteiger partial charge in [0.15, 0.2) is 5.67 Å². The standard InChI is InChI=1S/C25H37FN4O6S/c1-29(2)16-13-19(18-36-20-9-5-3-6-10-20)27-22-12-11-21(17-23(22)30(32)33)37(34,35)28-24(31)25(26)14-7-4-8-15-25/h11-12,17,20H,3-10,13-16,18H2,1-2H3,(H,28,31). The van der Waals surface area contributed by atoms with Crippen LogP contribution in [0.4, 0.5) is 15.8 Å². The van der Waals surface area contributed by atoms with E-state index in [0.717, 1.165) is 44.2 Å². The first-order valence-electron chi connectivity index (χ1n) is 12.9. The summed E-state index contributed by atoms with van der Waals surface area (Å²) in [5.41, 5.74) is -2.18. The van der Waals surface area contributed by atoms with Crippen molar-refractivity contribution >= 4 is 33.0 Å². The predicted octanol–water partition coefficient (Wildman–Crippen LogP) is 4.45. The topological polar surface area (TPSA) is 131 Å². The van der Waals surface area contributed by atoms with Crippen molar-refractivity contribution in [1.29, 1.82) is 0 Å². The molecule has 1 aromatic carbocycles. The summed E-state index contributed by atoms with van der Waals surface area (Å²) in [4.78, 5) is 29.5. The lowest BCUT2D eigenvalue weighted by atomic mass is 9.86. The normalized spacial score (nSPS) is 19.1. The second-order valence-electron chi connectivity index (χ2n) is 10.2. The highest BCUT2D eigenvalue weighted by molar-refractivity contribution is 7.90. The number of amides is 1. The molecule has 3 rings (SSSR count). The zero-order valence-corrected chi connectivity index (χ0v) is 22.4. The van der Waals surface area contributed by atoms with Crippen LogP contribution < -0.4 is 4.72 Å². The Balaban J connectivity index is 1.83. The van der Waals surface area contributed by atoms with Crippen molar-refractivity contribution in [2.24, 2.45) is 4.99 Å². The number of benzene rings is 1. The van der Waals surface area contributed by atoms with E-state index in [1.165, 1.54) is 12.5 Å². The second-order valence-corrected chi connectivity index (χ2v) is 11.9. The fourth-order valence-corrected chi connectivity index (χ4v) is 5.71. The smallest absolute Gasteiger partial charge is 0.296 e. The van der Waals surface area contributed by atoms with E-state index >= 15 is 0 Å². The van der Waals surface area contributed by atoms with E-state index in [0.29, 0.717) is 31.5 Å². The van der Waals surface area contributed by atoms with Crippen LogP contribution in [-0.2, 0) is 19.6 Å². The van der Waals surface area contributed by atoms with E-state index in [9.17, 15) is 27.7 Å². The van der Waals surface area contributed by atoms with Crippen molar-refractivity contribution in [2.75, 3.05) is 27.2 Å². The Morgan fingerprint density at radius 1 is 1.19 bits per heavy atom. The fourth-order valence-electron chi connectivity index (χ4n) is 4.65. The number of carbonyl (C=O) groups excluding carboxylic acids is 1. The van der Waals surface area contributed by atoms with Crippen molar-refractivity contribution in [2.45, 2.75) is 87.3 Å². The van der Waals surface area contributed by atoms with Gasteiger partial charge in [0.25, 0.3) is 21.6 Å². The third kappa shape index (κ3) is 8.27. The molecule has 1 aromatic rings. The molecule has 0 unspecified atom stereocenters. The minimum Gasteiger partial charge on any atom is -0.372 e. The van der Waals surface area contributed by atoms with Crippen LogP contribution in [0, 0.1) is 10.1 Å². The molecular weight excluding hydrogens is 503 g/mol. The van der Waals surface area contributed by atoms with Crippen LogP contribution in [0.25, 0.3) is 0 Å². The van der Waals surface area contributed by atoms with Gasteiger partial charge < -0.3 is 9.64 Å². The summed E-state index contributed by atoms with van der Waals surface area (Å²) < 4.78 is 48.4. The molecular formula is C25H37FN4O6S. The first kappa shape index (κ1) is 29.1. The molecule has 0 radical (unpaired) electrons. The SMILES string of the molecule is CN(C)CCC(COC1CCCCC1)=Nc1ccc(S(=O)(=O)NC(=O)C2(F)CCCCC2)cc1[N+](=O)[O-]. The van der Waals surface area contributed by atoms with E-state index in [4.69, 9.17) is 4.74 Å². The average molecular weight is 541 g/mol. The fraction of sp³-hybridized carbons (Fsp3) is 0.680. The number of nitrogens with one attached hydrogen (secondary N) is 1. The number of hydrogen-bond acceptors (Lipinski definition) is 8. The zero-order valence-electron chi connectivity index (χ0n) is 21.6. The number of halogens is 1. The van der Waals surface area contributed by atoms with Crippen LogP contribution in [0.15, 0.2) is 28.1 Å². The number of nitrogens with zero attached hydrogens (tertiary/aromatic N) is 3. The maximum Gasteiger partial charge on any atom is 0.296 e. The Hall–Kier alpha value is -2.44. The lowest BCUT2D eigenvalue weighted by Crippen LogP contribution is -2.46. The molecule has 37 heavy (non-hydrogen) atoms. The Labute approximate surface area is 217 Å². The molecule has 2 saturated carbocycles. The van der Waals surface area contributed by atoms with Gasteiger partial charge in [0.1, 0.15) is 5.69 Å². The number of sulfonamides is 1. The van der Waals surface area contributed by atoms with Crippen molar-refractivity contribution < 1.29 is 27.3 Å². The molecule has 0 saturated heterocycles. The number of aliphatic imine (C=N–C) groups is 1. The summed E-state index contributed by atoms with van der Waals surface area (Å²) in [5.74, 6) is -1.23. The lowest BCUT2D eigenvalue weighted by Gasteiger charge is -2.27. The quantitative estimate of drug-likeness (QED) is 0.249. The summed E-state index contributed by atoms with van der Waals surface area (Å²) in [6, 6.07) is 3.23. The molecule has 10 nitrogen and oxygen atoms in total.